The Hall–Kier alpha value is -3.26. The van der Waals surface area contributed by atoms with E-state index in [1.165, 1.54) is 12.1 Å². The van der Waals surface area contributed by atoms with Crippen LogP contribution in [0, 0.1) is 5.82 Å². The molecule has 1 aromatic heterocycles. The third-order valence-electron chi connectivity index (χ3n) is 5.76. The second-order valence-corrected chi connectivity index (χ2v) is 8.02. The van der Waals surface area contributed by atoms with E-state index in [2.05, 4.69) is 10.5 Å². The van der Waals surface area contributed by atoms with Crippen molar-refractivity contribution in [1.29, 1.82) is 0 Å². The molecule has 3 aromatic carbocycles. The SMILES string of the molecule is OC(CNC1c2ccccc2CC1O)COc1cccc(-c2noc3cc(F)ccc23)c1. The Morgan fingerprint density at radius 1 is 1.12 bits per heavy atom. The zero-order chi connectivity index (χ0) is 22.1. The molecule has 1 heterocycles. The maximum Gasteiger partial charge on any atom is 0.170 e. The van der Waals surface area contributed by atoms with Gasteiger partial charge in [0.1, 0.15) is 30.0 Å². The number of rotatable bonds is 7. The fourth-order valence-electron chi connectivity index (χ4n) is 4.19. The van der Waals surface area contributed by atoms with Gasteiger partial charge in [-0.15, -0.1) is 0 Å². The maximum absolute atomic E-state index is 13.4. The molecule has 0 fully saturated rings. The van der Waals surface area contributed by atoms with Crippen molar-refractivity contribution in [3.8, 4) is 17.0 Å². The number of fused-ring (bicyclic) bond motifs is 2. The van der Waals surface area contributed by atoms with Gasteiger partial charge in [-0.3, -0.25) is 0 Å². The molecular weight excluding hydrogens is 411 g/mol. The van der Waals surface area contributed by atoms with E-state index < -0.39 is 12.2 Å². The molecule has 0 radical (unpaired) electrons. The Morgan fingerprint density at radius 3 is 2.91 bits per heavy atom. The molecule has 0 spiro atoms. The van der Waals surface area contributed by atoms with Crippen LogP contribution in [0.2, 0.25) is 0 Å². The summed E-state index contributed by atoms with van der Waals surface area (Å²) in [5.74, 6) is 0.194. The number of aromatic nitrogens is 1. The third kappa shape index (κ3) is 4.10. The molecule has 3 unspecified atom stereocenters. The van der Waals surface area contributed by atoms with E-state index in [1.807, 2.05) is 36.4 Å². The van der Waals surface area contributed by atoms with Crippen molar-refractivity contribution in [2.24, 2.45) is 0 Å². The van der Waals surface area contributed by atoms with Crippen molar-refractivity contribution in [3.05, 3.63) is 83.7 Å². The lowest BCUT2D eigenvalue weighted by atomic mass is 10.1. The number of hydrogen-bond donors (Lipinski definition) is 3. The average Bonchev–Trinajstić information content (AvgIpc) is 3.36. The minimum Gasteiger partial charge on any atom is -0.491 e. The van der Waals surface area contributed by atoms with Gasteiger partial charge in [-0.05, 0) is 35.4 Å². The molecule has 0 amide bonds. The van der Waals surface area contributed by atoms with Gasteiger partial charge in [0.15, 0.2) is 5.58 Å². The molecule has 0 saturated heterocycles. The lowest BCUT2D eigenvalue weighted by molar-refractivity contribution is 0.0890. The van der Waals surface area contributed by atoms with Gasteiger partial charge in [0.05, 0.1) is 12.1 Å². The van der Waals surface area contributed by atoms with Crippen molar-refractivity contribution in [2.45, 2.75) is 24.7 Å². The smallest absolute Gasteiger partial charge is 0.170 e. The summed E-state index contributed by atoms with van der Waals surface area (Å²) >= 11 is 0. The summed E-state index contributed by atoms with van der Waals surface area (Å²) in [6, 6.07) is 19.3. The fraction of sp³-hybridized carbons (Fsp3) is 0.240. The molecule has 3 atom stereocenters. The minimum atomic E-state index is -0.755. The van der Waals surface area contributed by atoms with E-state index in [9.17, 15) is 14.6 Å². The van der Waals surface area contributed by atoms with Crippen LogP contribution >= 0.6 is 0 Å². The van der Waals surface area contributed by atoms with Gasteiger partial charge in [-0.2, -0.15) is 0 Å². The summed E-state index contributed by atoms with van der Waals surface area (Å²) in [6.07, 6.45) is -0.659. The van der Waals surface area contributed by atoms with Crippen LogP contribution in [-0.4, -0.2) is 40.7 Å². The Labute approximate surface area is 184 Å². The van der Waals surface area contributed by atoms with Crippen LogP contribution in [-0.2, 0) is 6.42 Å². The molecule has 1 aliphatic rings. The van der Waals surface area contributed by atoms with Crippen LogP contribution < -0.4 is 10.1 Å². The summed E-state index contributed by atoms with van der Waals surface area (Å²) in [5, 5.41) is 28.7. The van der Waals surface area contributed by atoms with Crippen LogP contribution in [0.1, 0.15) is 17.2 Å². The molecular formula is C25H23FN2O4. The third-order valence-corrected chi connectivity index (χ3v) is 5.76. The van der Waals surface area contributed by atoms with Gasteiger partial charge in [0.25, 0.3) is 0 Å². The highest BCUT2D eigenvalue weighted by Crippen LogP contribution is 2.32. The molecule has 5 rings (SSSR count). The Morgan fingerprint density at radius 2 is 2.00 bits per heavy atom. The fourth-order valence-corrected chi connectivity index (χ4v) is 4.19. The molecule has 164 valence electrons. The van der Waals surface area contributed by atoms with Crippen molar-refractivity contribution >= 4 is 11.0 Å². The number of aliphatic hydroxyl groups is 2. The van der Waals surface area contributed by atoms with E-state index in [0.717, 1.165) is 16.7 Å². The molecule has 7 heteroatoms. The monoisotopic (exact) mass is 434 g/mol. The number of benzene rings is 3. The molecule has 4 aromatic rings. The van der Waals surface area contributed by atoms with Crippen molar-refractivity contribution in [3.63, 3.8) is 0 Å². The molecule has 32 heavy (non-hydrogen) atoms. The molecule has 1 aliphatic carbocycles. The number of halogens is 1. The Bertz CT molecular complexity index is 1240. The molecule has 3 N–H and O–H groups in total. The van der Waals surface area contributed by atoms with Gasteiger partial charge in [0, 0.05) is 30.0 Å². The van der Waals surface area contributed by atoms with Gasteiger partial charge in [0.2, 0.25) is 0 Å². The average molecular weight is 434 g/mol. The summed E-state index contributed by atoms with van der Waals surface area (Å²) in [7, 11) is 0. The number of aliphatic hydroxyl groups excluding tert-OH is 2. The number of nitrogens with one attached hydrogen (secondary N) is 1. The highest BCUT2D eigenvalue weighted by molar-refractivity contribution is 5.91. The lowest BCUT2D eigenvalue weighted by Crippen LogP contribution is -2.37. The van der Waals surface area contributed by atoms with Gasteiger partial charge in [-0.25, -0.2) is 4.39 Å². The van der Waals surface area contributed by atoms with Crippen molar-refractivity contribution in [2.75, 3.05) is 13.2 Å². The number of ether oxygens (including phenoxy) is 1. The normalized spacial score (nSPS) is 18.6. The lowest BCUT2D eigenvalue weighted by Gasteiger charge is -2.20. The van der Waals surface area contributed by atoms with E-state index in [1.54, 1.807) is 18.2 Å². The Balaban J connectivity index is 1.21. The summed E-state index contributed by atoms with van der Waals surface area (Å²) in [5.41, 5.74) is 3.94. The first-order valence-electron chi connectivity index (χ1n) is 10.5. The van der Waals surface area contributed by atoms with Gasteiger partial charge < -0.3 is 24.8 Å². The van der Waals surface area contributed by atoms with E-state index in [0.29, 0.717) is 28.8 Å². The van der Waals surface area contributed by atoms with Gasteiger partial charge in [-0.1, -0.05) is 41.6 Å². The van der Waals surface area contributed by atoms with Crippen LogP contribution in [0.4, 0.5) is 4.39 Å². The molecule has 0 aliphatic heterocycles. The van der Waals surface area contributed by atoms with Crippen molar-refractivity contribution in [1.82, 2.24) is 10.5 Å². The van der Waals surface area contributed by atoms with Crippen LogP contribution in [0.3, 0.4) is 0 Å². The molecule has 0 bridgehead atoms. The standard InChI is InChI=1S/C25H23FN2O4/c26-17-8-9-21-23(12-17)32-28-24(21)16-5-3-6-19(10-16)31-14-18(29)13-27-25-20-7-2-1-4-15(20)11-22(25)30/h1-10,12,18,22,25,27,29-30H,11,13-14H2. The topological polar surface area (TPSA) is 87.8 Å². The molecule has 0 saturated carbocycles. The maximum atomic E-state index is 13.4. The highest BCUT2D eigenvalue weighted by Gasteiger charge is 2.30. The predicted molar refractivity (Wildman–Crippen MR) is 118 cm³/mol. The van der Waals surface area contributed by atoms with Gasteiger partial charge >= 0.3 is 0 Å². The van der Waals surface area contributed by atoms with Crippen molar-refractivity contribution < 1.29 is 23.9 Å². The quantitative estimate of drug-likeness (QED) is 0.412. The van der Waals surface area contributed by atoms with E-state index in [4.69, 9.17) is 9.26 Å². The summed E-state index contributed by atoms with van der Waals surface area (Å²) < 4.78 is 24.4. The van der Waals surface area contributed by atoms with Crippen LogP contribution in [0.25, 0.3) is 22.2 Å². The zero-order valence-electron chi connectivity index (χ0n) is 17.2. The summed E-state index contributed by atoms with van der Waals surface area (Å²) in [6.45, 7) is 0.376. The predicted octanol–water partition coefficient (Wildman–Crippen LogP) is 3.62. The minimum absolute atomic E-state index is 0.0890. The van der Waals surface area contributed by atoms with Crippen LogP contribution in [0.5, 0.6) is 5.75 Å². The highest BCUT2D eigenvalue weighted by atomic mass is 19.1. The first-order valence-corrected chi connectivity index (χ1v) is 10.5. The first kappa shape index (κ1) is 20.6. The van der Waals surface area contributed by atoms with Crippen LogP contribution in [0.15, 0.2) is 71.3 Å². The number of nitrogens with zero attached hydrogens (tertiary/aromatic N) is 1. The molecule has 6 nitrogen and oxygen atoms in total. The largest absolute Gasteiger partial charge is 0.491 e. The number of hydrogen-bond acceptors (Lipinski definition) is 6. The second kappa shape index (κ2) is 8.70. The Kier molecular flexibility index (Phi) is 5.61. The second-order valence-electron chi connectivity index (χ2n) is 8.02. The summed E-state index contributed by atoms with van der Waals surface area (Å²) in [4.78, 5) is 0. The van der Waals surface area contributed by atoms with E-state index >= 15 is 0 Å². The van der Waals surface area contributed by atoms with E-state index in [-0.39, 0.29) is 25.0 Å². The first-order chi connectivity index (χ1) is 15.6. The zero-order valence-corrected chi connectivity index (χ0v) is 17.2.